The van der Waals surface area contributed by atoms with Gasteiger partial charge in [-0.15, -0.1) is 0 Å². The molecule has 0 spiro atoms. The standard InChI is InChI=1S/C20H17F3O2/c1-19(2)11-15(13-6-4-5-7-17(13)20(21,22)23)14-10-12(18(24)25-3)8-9-16(14)19/h4-11H,1-3H3. The Labute approximate surface area is 143 Å². The molecule has 0 radical (unpaired) electrons. The molecule has 0 bridgehead atoms. The molecular weight excluding hydrogens is 329 g/mol. The Balaban J connectivity index is 2.23. The second kappa shape index (κ2) is 5.76. The second-order valence-corrected chi connectivity index (χ2v) is 6.57. The van der Waals surface area contributed by atoms with Crippen LogP contribution in [0.1, 0.15) is 46.5 Å². The van der Waals surface area contributed by atoms with Crippen LogP contribution in [0.4, 0.5) is 13.2 Å². The van der Waals surface area contributed by atoms with Gasteiger partial charge in [0.05, 0.1) is 18.2 Å². The van der Waals surface area contributed by atoms with E-state index in [1.165, 1.54) is 19.2 Å². The normalized spacial score (nSPS) is 15.5. The number of methoxy groups -OCH3 is 1. The molecule has 0 unspecified atom stereocenters. The lowest BCUT2D eigenvalue weighted by Gasteiger charge is -2.17. The van der Waals surface area contributed by atoms with Gasteiger partial charge in [0, 0.05) is 5.41 Å². The summed E-state index contributed by atoms with van der Waals surface area (Å²) >= 11 is 0. The molecule has 25 heavy (non-hydrogen) atoms. The SMILES string of the molecule is COC(=O)c1ccc2c(c1)C(c1ccccc1C(F)(F)F)=CC2(C)C. The number of carbonyl (C=O) groups is 1. The summed E-state index contributed by atoms with van der Waals surface area (Å²) in [6.45, 7) is 3.87. The van der Waals surface area contributed by atoms with E-state index in [2.05, 4.69) is 0 Å². The van der Waals surface area contributed by atoms with Crippen LogP contribution in [0.3, 0.4) is 0 Å². The van der Waals surface area contributed by atoms with E-state index >= 15 is 0 Å². The smallest absolute Gasteiger partial charge is 0.417 e. The highest BCUT2D eigenvalue weighted by molar-refractivity contribution is 5.94. The number of alkyl halides is 3. The summed E-state index contributed by atoms with van der Waals surface area (Å²) in [4.78, 5) is 11.8. The molecule has 1 aliphatic carbocycles. The van der Waals surface area contributed by atoms with Gasteiger partial charge >= 0.3 is 12.1 Å². The molecule has 2 aromatic carbocycles. The van der Waals surface area contributed by atoms with Crippen LogP contribution in [0.2, 0.25) is 0 Å². The first kappa shape index (κ1) is 17.3. The van der Waals surface area contributed by atoms with E-state index in [1.54, 1.807) is 24.3 Å². The minimum absolute atomic E-state index is 0.115. The van der Waals surface area contributed by atoms with Gasteiger partial charge in [-0.25, -0.2) is 4.79 Å². The van der Waals surface area contributed by atoms with Gasteiger partial charge in [-0.05, 0) is 40.5 Å². The molecule has 2 nitrogen and oxygen atoms in total. The van der Waals surface area contributed by atoms with Crippen LogP contribution in [0, 0.1) is 0 Å². The summed E-state index contributed by atoms with van der Waals surface area (Å²) in [5.41, 5.74) is 1.31. The van der Waals surface area contributed by atoms with Crippen LogP contribution in [0.15, 0.2) is 48.5 Å². The number of benzene rings is 2. The van der Waals surface area contributed by atoms with Crippen molar-refractivity contribution in [3.05, 3.63) is 76.4 Å². The van der Waals surface area contributed by atoms with Crippen LogP contribution in [0.25, 0.3) is 5.57 Å². The van der Waals surface area contributed by atoms with Gasteiger partial charge in [-0.3, -0.25) is 0 Å². The molecule has 1 aliphatic rings. The monoisotopic (exact) mass is 346 g/mol. The zero-order valence-corrected chi connectivity index (χ0v) is 14.1. The zero-order valence-electron chi connectivity index (χ0n) is 14.1. The predicted octanol–water partition coefficient (Wildman–Crippen LogP) is 5.21. The maximum atomic E-state index is 13.4. The second-order valence-electron chi connectivity index (χ2n) is 6.57. The highest BCUT2D eigenvalue weighted by Gasteiger charge is 2.37. The Bertz CT molecular complexity index is 877. The molecule has 5 heteroatoms. The van der Waals surface area contributed by atoms with E-state index in [4.69, 9.17) is 4.74 Å². The molecule has 0 fully saturated rings. The van der Waals surface area contributed by atoms with Gasteiger partial charge in [0.1, 0.15) is 0 Å². The Hall–Kier alpha value is -2.56. The lowest BCUT2D eigenvalue weighted by Crippen LogP contribution is -2.11. The van der Waals surface area contributed by atoms with Crippen molar-refractivity contribution >= 4 is 11.5 Å². The average Bonchev–Trinajstić information content (AvgIpc) is 2.84. The maximum Gasteiger partial charge on any atom is 0.417 e. The molecule has 0 N–H and O–H groups in total. The number of esters is 1. The summed E-state index contributed by atoms with van der Waals surface area (Å²) in [5, 5.41) is 0. The van der Waals surface area contributed by atoms with Gasteiger partial charge in [0.2, 0.25) is 0 Å². The lowest BCUT2D eigenvalue weighted by molar-refractivity contribution is -0.137. The van der Waals surface area contributed by atoms with E-state index < -0.39 is 23.1 Å². The number of hydrogen-bond donors (Lipinski definition) is 0. The van der Waals surface area contributed by atoms with Crippen LogP contribution in [0.5, 0.6) is 0 Å². The summed E-state index contributed by atoms with van der Waals surface area (Å²) in [5.74, 6) is -0.518. The first-order valence-electron chi connectivity index (χ1n) is 7.78. The largest absolute Gasteiger partial charge is 0.465 e. The third-order valence-corrected chi connectivity index (χ3v) is 4.45. The van der Waals surface area contributed by atoms with Gasteiger partial charge in [0.25, 0.3) is 0 Å². The van der Waals surface area contributed by atoms with Crippen molar-refractivity contribution in [2.24, 2.45) is 0 Å². The maximum absolute atomic E-state index is 13.4. The Kier molecular flexibility index (Phi) is 3.98. The average molecular weight is 346 g/mol. The first-order valence-corrected chi connectivity index (χ1v) is 7.78. The quantitative estimate of drug-likeness (QED) is 0.697. The van der Waals surface area contributed by atoms with Gasteiger partial charge < -0.3 is 4.74 Å². The van der Waals surface area contributed by atoms with Crippen LogP contribution in [-0.2, 0) is 16.3 Å². The van der Waals surface area contributed by atoms with Gasteiger partial charge in [-0.1, -0.05) is 44.2 Å². The van der Waals surface area contributed by atoms with Crippen molar-refractivity contribution in [3.63, 3.8) is 0 Å². The fraction of sp³-hybridized carbons (Fsp3) is 0.250. The van der Waals surface area contributed by atoms with Gasteiger partial charge in [-0.2, -0.15) is 13.2 Å². The summed E-state index contributed by atoms with van der Waals surface area (Å²) in [6.07, 6.45) is -2.63. The number of allylic oxidation sites excluding steroid dienone is 1. The predicted molar refractivity (Wildman–Crippen MR) is 89.3 cm³/mol. The summed E-state index contributed by atoms with van der Waals surface area (Å²) < 4.78 is 45.0. The minimum Gasteiger partial charge on any atom is -0.465 e. The molecule has 0 atom stereocenters. The number of halogens is 3. The molecule has 130 valence electrons. The fourth-order valence-electron chi connectivity index (χ4n) is 3.28. The van der Waals surface area contributed by atoms with E-state index in [9.17, 15) is 18.0 Å². The Morgan fingerprint density at radius 2 is 1.72 bits per heavy atom. The summed E-state index contributed by atoms with van der Waals surface area (Å²) in [6, 6.07) is 10.5. The van der Waals surface area contributed by atoms with Crippen molar-refractivity contribution in [3.8, 4) is 0 Å². The number of hydrogen-bond acceptors (Lipinski definition) is 2. The molecule has 0 aliphatic heterocycles. The van der Waals surface area contributed by atoms with Crippen molar-refractivity contribution in [1.82, 2.24) is 0 Å². The molecule has 0 heterocycles. The topological polar surface area (TPSA) is 26.3 Å². The number of rotatable bonds is 2. The van der Waals surface area contributed by atoms with Crippen molar-refractivity contribution in [2.45, 2.75) is 25.4 Å². The van der Waals surface area contributed by atoms with Crippen LogP contribution in [-0.4, -0.2) is 13.1 Å². The molecule has 3 rings (SSSR count). The van der Waals surface area contributed by atoms with E-state index in [-0.39, 0.29) is 5.56 Å². The third kappa shape index (κ3) is 2.95. The highest BCUT2D eigenvalue weighted by Crippen LogP contribution is 2.46. The van der Waals surface area contributed by atoms with E-state index in [0.717, 1.165) is 11.6 Å². The zero-order chi connectivity index (χ0) is 18.4. The number of carbonyl (C=O) groups excluding carboxylic acids is 1. The molecular formula is C20H17F3O2. The Morgan fingerprint density at radius 3 is 2.36 bits per heavy atom. The number of fused-ring (bicyclic) bond motifs is 1. The first-order chi connectivity index (χ1) is 11.6. The summed E-state index contributed by atoms with van der Waals surface area (Å²) in [7, 11) is 1.27. The van der Waals surface area contributed by atoms with E-state index in [1.807, 2.05) is 19.9 Å². The fourth-order valence-corrected chi connectivity index (χ4v) is 3.28. The van der Waals surface area contributed by atoms with Crippen molar-refractivity contribution < 1.29 is 22.7 Å². The third-order valence-electron chi connectivity index (χ3n) is 4.45. The highest BCUT2D eigenvalue weighted by atomic mass is 19.4. The molecule has 2 aromatic rings. The van der Waals surface area contributed by atoms with Crippen molar-refractivity contribution in [1.29, 1.82) is 0 Å². The Morgan fingerprint density at radius 1 is 1.04 bits per heavy atom. The van der Waals surface area contributed by atoms with Crippen LogP contribution < -0.4 is 0 Å². The van der Waals surface area contributed by atoms with E-state index in [0.29, 0.717) is 16.7 Å². The molecule has 0 aromatic heterocycles. The number of ether oxygens (including phenoxy) is 1. The molecule has 0 saturated carbocycles. The molecule has 0 saturated heterocycles. The lowest BCUT2D eigenvalue weighted by atomic mass is 9.86. The van der Waals surface area contributed by atoms with Crippen LogP contribution >= 0.6 is 0 Å². The van der Waals surface area contributed by atoms with Crippen molar-refractivity contribution in [2.75, 3.05) is 7.11 Å². The minimum atomic E-state index is -4.45. The van der Waals surface area contributed by atoms with Gasteiger partial charge in [0.15, 0.2) is 0 Å². The molecule has 0 amide bonds.